The minimum Gasteiger partial charge on any atom is -0.355 e. The average molecular weight is 381 g/mol. The number of hydrogen-bond donors (Lipinski definition) is 2. The molecule has 8 heteroatoms. The normalized spacial score (nSPS) is 11.4. The number of anilines is 1. The highest BCUT2D eigenvalue weighted by atomic mass is 32.2. The molecule has 0 aliphatic carbocycles. The Labute approximate surface area is 155 Å². The van der Waals surface area contributed by atoms with Gasteiger partial charge in [0, 0.05) is 25.7 Å². The molecule has 0 fully saturated rings. The Morgan fingerprint density at radius 1 is 1.23 bits per heavy atom. The van der Waals surface area contributed by atoms with Gasteiger partial charge in [0.25, 0.3) is 0 Å². The number of rotatable bonds is 10. The fourth-order valence-corrected chi connectivity index (χ4v) is 3.54. The van der Waals surface area contributed by atoms with Crippen molar-refractivity contribution in [2.24, 2.45) is 5.92 Å². The van der Waals surface area contributed by atoms with Gasteiger partial charge in [-0.3, -0.25) is 9.59 Å². The lowest BCUT2D eigenvalue weighted by Crippen LogP contribution is -2.41. The van der Waals surface area contributed by atoms with Gasteiger partial charge in [0.15, 0.2) is 0 Å². The van der Waals surface area contributed by atoms with Crippen molar-refractivity contribution in [3.8, 4) is 0 Å². The third-order valence-corrected chi connectivity index (χ3v) is 5.33. The van der Waals surface area contributed by atoms with Crippen molar-refractivity contribution >= 4 is 27.5 Å². The lowest BCUT2D eigenvalue weighted by atomic mass is 10.1. The van der Waals surface area contributed by atoms with Crippen LogP contribution in [0, 0.1) is 5.92 Å². The summed E-state index contributed by atoms with van der Waals surface area (Å²) in [6.45, 7) is 9.27. The van der Waals surface area contributed by atoms with Crippen molar-refractivity contribution in [1.29, 1.82) is 0 Å². The Balaban J connectivity index is 2.87. The van der Waals surface area contributed by atoms with E-state index in [-0.39, 0.29) is 29.8 Å². The summed E-state index contributed by atoms with van der Waals surface area (Å²) in [5.74, 6) is -0.150. The molecule has 26 heavy (non-hydrogen) atoms. The van der Waals surface area contributed by atoms with Crippen molar-refractivity contribution in [1.82, 2.24) is 9.62 Å². The molecule has 0 atom stereocenters. The van der Waals surface area contributed by atoms with Gasteiger partial charge < -0.3 is 10.6 Å². The van der Waals surface area contributed by atoms with Crippen LogP contribution in [-0.4, -0.2) is 44.2 Å². The first-order valence-electron chi connectivity index (χ1n) is 8.42. The van der Waals surface area contributed by atoms with E-state index in [1.54, 1.807) is 0 Å². The fraction of sp³-hybridized carbons (Fsp3) is 0.444. The number of hydrogen-bond acceptors (Lipinski definition) is 4. The molecule has 1 aromatic carbocycles. The zero-order valence-electron chi connectivity index (χ0n) is 15.5. The number of carbonyl (C=O) groups excluding carboxylic acids is 2. The second-order valence-corrected chi connectivity index (χ2v) is 8.26. The van der Waals surface area contributed by atoms with Gasteiger partial charge in [0.2, 0.25) is 21.8 Å². The first-order chi connectivity index (χ1) is 12.2. The molecule has 0 heterocycles. The molecule has 2 N–H and O–H groups in total. The summed E-state index contributed by atoms with van der Waals surface area (Å²) in [5, 5.41) is 5.30. The zero-order chi connectivity index (χ0) is 19.7. The van der Waals surface area contributed by atoms with Crippen LogP contribution in [-0.2, 0) is 19.6 Å². The summed E-state index contributed by atoms with van der Waals surface area (Å²) in [6.07, 6.45) is 2.26. The SMILES string of the molecule is C=CCN(CC(=O)NCCC(C)C)S(=O)(=O)c1ccc(NC(C)=O)cc1. The summed E-state index contributed by atoms with van der Waals surface area (Å²) >= 11 is 0. The van der Waals surface area contributed by atoms with E-state index in [1.165, 1.54) is 37.3 Å². The van der Waals surface area contributed by atoms with E-state index in [0.717, 1.165) is 10.7 Å². The highest BCUT2D eigenvalue weighted by molar-refractivity contribution is 7.89. The van der Waals surface area contributed by atoms with E-state index in [1.807, 2.05) is 13.8 Å². The van der Waals surface area contributed by atoms with E-state index in [2.05, 4.69) is 17.2 Å². The van der Waals surface area contributed by atoms with Crippen LogP contribution < -0.4 is 10.6 Å². The molecule has 0 bridgehead atoms. The fourth-order valence-electron chi connectivity index (χ4n) is 2.17. The van der Waals surface area contributed by atoms with Gasteiger partial charge in [0.05, 0.1) is 11.4 Å². The monoisotopic (exact) mass is 381 g/mol. The van der Waals surface area contributed by atoms with Crippen LogP contribution in [0.15, 0.2) is 41.8 Å². The molecule has 0 unspecified atom stereocenters. The van der Waals surface area contributed by atoms with Crippen molar-refractivity contribution in [2.45, 2.75) is 32.1 Å². The molecule has 0 spiro atoms. The molecular formula is C18H27N3O4S. The van der Waals surface area contributed by atoms with Gasteiger partial charge in [-0.05, 0) is 36.6 Å². The van der Waals surface area contributed by atoms with Crippen LogP contribution in [0.2, 0.25) is 0 Å². The predicted octanol–water partition coefficient (Wildman–Crippen LogP) is 1.98. The predicted molar refractivity (Wildman–Crippen MR) is 102 cm³/mol. The van der Waals surface area contributed by atoms with Gasteiger partial charge in [-0.15, -0.1) is 6.58 Å². The van der Waals surface area contributed by atoms with Crippen LogP contribution in [0.3, 0.4) is 0 Å². The third kappa shape index (κ3) is 6.97. The van der Waals surface area contributed by atoms with Crippen LogP contribution in [0.1, 0.15) is 27.2 Å². The van der Waals surface area contributed by atoms with Crippen LogP contribution >= 0.6 is 0 Å². The van der Waals surface area contributed by atoms with Crippen LogP contribution in [0.5, 0.6) is 0 Å². The van der Waals surface area contributed by atoms with E-state index in [4.69, 9.17) is 0 Å². The Kier molecular flexibility index (Phi) is 8.47. The lowest BCUT2D eigenvalue weighted by Gasteiger charge is -2.20. The van der Waals surface area contributed by atoms with Crippen molar-refractivity contribution in [2.75, 3.05) is 25.0 Å². The maximum absolute atomic E-state index is 12.8. The molecule has 0 saturated carbocycles. The van der Waals surface area contributed by atoms with E-state index in [9.17, 15) is 18.0 Å². The molecule has 0 radical (unpaired) electrons. The number of carbonyl (C=O) groups is 2. The highest BCUT2D eigenvalue weighted by Crippen LogP contribution is 2.18. The maximum Gasteiger partial charge on any atom is 0.243 e. The summed E-state index contributed by atoms with van der Waals surface area (Å²) < 4.78 is 26.6. The Hall–Kier alpha value is -2.19. The maximum atomic E-state index is 12.8. The molecule has 1 rings (SSSR count). The minimum atomic E-state index is -3.86. The standard InChI is InChI=1S/C18H27N3O4S/c1-5-12-21(13-18(23)19-11-10-14(2)3)26(24,25)17-8-6-16(7-9-17)20-15(4)22/h5-9,14H,1,10-13H2,2-4H3,(H,19,23)(H,20,22). The molecule has 0 saturated heterocycles. The molecular weight excluding hydrogens is 354 g/mol. The average Bonchev–Trinajstić information content (AvgIpc) is 2.54. The van der Waals surface area contributed by atoms with E-state index < -0.39 is 10.0 Å². The first-order valence-corrected chi connectivity index (χ1v) is 9.86. The van der Waals surface area contributed by atoms with Gasteiger partial charge in [-0.1, -0.05) is 19.9 Å². The third-order valence-electron chi connectivity index (χ3n) is 3.51. The Bertz CT molecular complexity index is 727. The number of nitrogens with zero attached hydrogens (tertiary/aromatic N) is 1. The van der Waals surface area contributed by atoms with Gasteiger partial charge >= 0.3 is 0 Å². The molecule has 0 aromatic heterocycles. The van der Waals surface area contributed by atoms with Crippen molar-refractivity contribution in [3.05, 3.63) is 36.9 Å². The van der Waals surface area contributed by atoms with Crippen LogP contribution in [0.25, 0.3) is 0 Å². The number of amides is 2. The molecule has 144 valence electrons. The molecule has 0 aliphatic rings. The van der Waals surface area contributed by atoms with E-state index in [0.29, 0.717) is 18.2 Å². The second-order valence-electron chi connectivity index (χ2n) is 6.32. The molecule has 7 nitrogen and oxygen atoms in total. The quantitative estimate of drug-likeness (QED) is 0.606. The van der Waals surface area contributed by atoms with Crippen molar-refractivity contribution in [3.63, 3.8) is 0 Å². The van der Waals surface area contributed by atoms with Crippen molar-refractivity contribution < 1.29 is 18.0 Å². The van der Waals surface area contributed by atoms with E-state index >= 15 is 0 Å². The topological polar surface area (TPSA) is 95.6 Å². The second kappa shape index (κ2) is 10.1. The summed E-state index contributed by atoms with van der Waals surface area (Å²) in [5.41, 5.74) is 0.498. The number of nitrogens with one attached hydrogen (secondary N) is 2. The zero-order valence-corrected chi connectivity index (χ0v) is 16.3. The summed E-state index contributed by atoms with van der Waals surface area (Å²) in [6, 6.07) is 5.80. The molecule has 1 aromatic rings. The summed E-state index contributed by atoms with van der Waals surface area (Å²) in [4.78, 5) is 23.2. The largest absolute Gasteiger partial charge is 0.355 e. The molecule has 0 aliphatic heterocycles. The molecule has 2 amide bonds. The van der Waals surface area contributed by atoms with Gasteiger partial charge in [-0.25, -0.2) is 8.42 Å². The lowest BCUT2D eigenvalue weighted by molar-refractivity contribution is -0.121. The van der Waals surface area contributed by atoms with Gasteiger partial charge in [-0.2, -0.15) is 4.31 Å². The Morgan fingerprint density at radius 3 is 2.35 bits per heavy atom. The van der Waals surface area contributed by atoms with Crippen LogP contribution in [0.4, 0.5) is 5.69 Å². The smallest absolute Gasteiger partial charge is 0.243 e. The minimum absolute atomic E-state index is 0.0212. The first kappa shape index (κ1) is 21.9. The number of sulfonamides is 1. The van der Waals surface area contributed by atoms with Gasteiger partial charge in [0.1, 0.15) is 0 Å². The summed E-state index contributed by atoms with van der Waals surface area (Å²) in [7, 11) is -3.86. The highest BCUT2D eigenvalue weighted by Gasteiger charge is 2.25. The Morgan fingerprint density at radius 2 is 1.85 bits per heavy atom. The number of benzene rings is 1.